The summed E-state index contributed by atoms with van der Waals surface area (Å²) < 4.78 is 12.2. The van der Waals surface area contributed by atoms with E-state index in [1.54, 1.807) is 51.6 Å². The number of hydrogen-bond acceptors (Lipinski definition) is 8. The van der Waals surface area contributed by atoms with Crippen molar-refractivity contribution in [2.45, 2.75) is 13.5 Å². The summed E-state index contributed by atoms with van der Waals surface area (Å²) in [5.41, 5.74) is 2.94. The fourth-order valence-electron chi connectivity index (χ4n) is 3.54. The number of anilines is 2. The summed E-state index contributed by atoms with van der Waals surface area (Å²) in [7, 11) is 3.16. The van der Waals surface area contributed by atoms with Crippen LogP contribution in [0.1, 0.15) is 18.1 Å². The molecule has 0 aliphatic carbocycles. The fourth-order valence-corrected chi connectivity index (χ4v) is 3.54. The molecular formula is C24H23N7O4. The van der Waals surface area contributed by atoms with E-state index in [1.165, 1.54) is 4.52 Å². The number of methoxy groups -OCH3 is 2. The van der Waals surface area contributed by atoms with Gasteiger partial charge >= 0.3 is 6.09 Å². The van der Waals surface area contributed by atoms with Crippen molar-refractivity contribution in [3.8, 4) is 28.8 Å². The Hall–Kier alpha value is -4.85. The smallest absolute Gasteiger partial charge is 0.414 e. The lowest BCUT2D eigenvalue weighted by Crippen LogP contribution is -2.29. The Bertz CT molecular complexity index is 1430. The van der Waals surface area contributed by atoms with Crippen LogP contribution in [-0.4, -0.2) is 51.5 Å². The summed E-state index contributed by atoms with van der Waals surface area (Å²) in [6, 6.07) is 14.6. The van der Waals surface area contributed by atoms with Crippen molar-refractivity contribution >= 4 is 23.5 Å². The molecule has 11 nitrogen and oxygen atoms in total. The Kier molecular flexibility index (Phi) is 6.64. The molecule has 0 atom stereocenters. The van der Waals surface area contributed by atoms with E-state index >= 15 is 0 Å². The Morgan fingerprint density at radius 1 is 1.20 bits per heavy atom. The van der Waals surface area contributed by atoms with Gasteiger partial charge in [0.25, 0.3) is 5.95 Å². The van der Waals surface area contributed by atoms with E-state index in [9.17, 15) is 15.2 Å². The zero-order chi connectivity index (χ0) is 24.9. The molecule has 2 aromatic carbocycles. The van der Waals surface area contributed by atoms with E-state index in [4.69, 9.17) is 14.5 Å². The maximum absolute atomic E-state index is 11.6. The molecule has 0 saturated carbocycles. The van der Waals surface area contributed by atoms with Crippen molar-refractivity contribution in [1.82, 2.24) is 19.6 Å². The first-order valence-corrected chi connectivity index (χ1v) is 10.7. The molecule has 0 unspecified atom stereocenters. The minimum Gasteiger partial charge on any atom is -0.497 e. The molecule has 0 bridgehead atoms. The highest BCUT2D eigenvalue weighted by Gasteiger charge is 2.20. The van der Waals surface area contributed by atoms with Gasteiger partial charge in [-0.05, 0) is 31.2 Å². The lowest BCUT2D eigenvalue weighted by molar-refractivity contribution is 0.202. The number of hydrogen-bond donors (Lipinski definition) is 2. The second kappa shape index (κ2) is 9.96. The van der Waals surface area contributed by atoms with Gasteiger partial charge in [-0.25, -0.2) is 19.2 Å². The molecule has 0 saturated heterocycles. The van der Waals surface area contributed by atoms with E-state index in [-0.39, 0.29) is 12.5 Å². The number of aromatic nitrogens is 4. The predicted octanol–water partition coefficient (Wildman–Crippen LogP) is 3.80. The number of benzene rings is 2. The summed E-state index contributed by atoms with van der Waals surface area (Å²) in [5.74, 6) is 1.73. The van der Waals surface area contributed by atoms with Crippen molar-refractivity contribution in [3.63, 3.8) is 0 Å². The van der Waals surface area contributed by atoms with Crippen LogP contribution in [0.15, 0.2) is 48.7 Å². The number of nitrogens with zero attached hydrogens (tertiary/aromatic N) is 6. The molecule has 0 spiro atoms. The fraction of sp³-hybridized carbons (Fsp3) is 0.208. The third-order valence-corrected chi connectivity index (χ3v) is 5.33. The second-order valence-corrected chi connectivity index (χ2v) is 7.41. The largest absolute Gasteiger partial charge is 0.497 e. The topological polar surface area (TPSA) is 138 Å². The van der Waals surface area contributed by atoms with Gasteiger partial charge in [-0.15, -0.1) is 5.10 Å². The molecule has 0 radical (unpaired) electrons. The van der Waals surface area contributed by atoms with Gasteiger partial charge in [-0.3, -0.25) is 0 Å². The van der Waals surface area contributed by atoms with Crippen LogP contribution >= 0.6 is 0 Å². The number of rotatable bonds is 8. The van der Waals surface area contributed by atoms with Crippen LogP contribution in [0.5, 0.6) is 11.5 Å². The third-order valence-electron chi connectivity index (χ3n) is 5.33. The maximum atomic E-state index is 11.6. The molecule has 0 fully saturated rings. The molecule has 4 rings (SSSR count). The van der Waals surface area contributed by atoms with Gasteiger partial charge in [0, 0.05) is 30.3 Å². The average Bonchev–Trinajstić information content (AvgIpc) is 3.31. The van der Waals surface area contributed by atoms with E-state index < -0.39 is 6.09 Å². The van der Waals surface area contributed by atoms with E-state index in [0.717, 1.165) is 10.5 Å². The van der Waals surface area contributed by atoms with E-state index in [2.05, 4.69) is 21.5 Å². The lowest BCUT2D eigenvalue weighted by Gasteiger charge is -2.13. The minimum atomic E-state index is -1.16. The summed E-state index contributed by atoms with van der Waals surface area (Å²) >= 11 is 0. The number of ether oxygens (including phenoxy) is 2. The first-order chi connectivity index (χ1) is 17.0. The molecule has 35 heavy (non-hydrogen) atoms. The summed E-state index contributed by atoms with van der Waals surface area (Å²) in [4.78, 5) is 21.8. The Morgan fingerprint density at radius 3 is 2.71 bits per heavy atom. The quantitative estimate of drug-likeness (QED) is 0.391. The molecule has 2 aromatic heterocycles. The molecular weight excluding hydrogens is 450 g/mol. The number of fused-ring (bicyclic) bond motifs is 1. The summed E-state index contributed by atoms with van der Waals surface area (Å²) in [5, 5.41) is 26.4. The first kappa shape index (κ1) is 23.3. The van der Waals surface area contributed by atoms with E-state index in [0.29, 0.717) is 46.3 Å². The summed E-state index contributed by atoms with van der Waals surface area (Å²) in [6.45, 7) is 2.23. The molecule has 1 amide bonds. The van der Waals surface area contributed by atoms with Gasteiger partial charge < -0.3 is 19.9 Å². The summed E-state index contributed by atoms with van der Waals surface area (Å²) in [6.07, 6.45) is 0.493. The Morgan fingerprint density at radius 2 is 2.03 bits per heavy atom. The Balaban J connectivity index is 1.79. The highest BCUT2D eigenvalue weighted by Crippen LogP contribution is 2.28. The van der Waals surface area contributed by atoms with Gasteiger partial charge in [0.2, 0.25) is 0 Å². The predicted molar refractivity (Wildman–Crippen MR) is 129 cm³/mol. The highest BCUT2D eigenvalue weighted by atomic mass is 16.5. The van der Waals surface area contributed by atoms with Crippen molar-refractivity contribution in [1.29, 1.82) is 5.26 Å². The normalized spacial score (nSPS) is 10.6. The number of carbonyl (C=O) groups is 1. The van der Waals surface area contributed by atoms with Crippen molar-refractivity contribution in [2.75, 3.05) is 31.0 Å². The van der Waals surface area contributed by atoms with Crippen LogP contribution in [0.4, 0.5) is 16.6 Å². The first-order valence-electron chi connectivity index (χ1n) is 10.7. The highest BCUT2D eigenvalue weighted by molar-refractivity contribution is 5.84. The minimum absolute atomic E-state index is 0.0369. The van der Waals surface area contributed by atoms with Crippen LogP contribution in [0, 0.1) is 11.3 Å². The van der Waals surface area contributed by atoms with Gasteiger partial charge in [0.1, 0.15) is 11.5 Å². The monoisotopic (exact) mass is 473 g/mol. The molecule has 2 heterocycles. The molecule has 11 heteroatoms. The second-order valence-electron chi connectivity index (χ2n) is 7.41. The average molecular weight is 473 g/mol. The number of carboxylic acid groups (broad SMARTS) is 1. The molecule has 178 valence electrons. The standard InChI is InChI=1S/C24H23N7O4/c1-4-30(24(32)33)23-28-22-21(26-13-17-8-9-18(34-2)11-20(17)35-3)27-19(14-31(22)29-23)16-7-5-6-15(10-16)12-25/h5-11,14H,4,13H2,1-3H3,(H,26,27)(H,32,33). The zero-order valence-corrected chi connectivity index (χ0v) is 19.4. The van der Waals surface area contributed by atoms with Crippen molar-refractivity contribution in [2.24, 2.45) is 0 Å². The molecule has 2 N–H and O–H groups in total. The Labute approximate surface area is 201 Å². The van der Waals surface area contributed by atoms with Crippen molar-refractivity contribution in [3.05, 3.63) is 59.8 Å². The molecule has 0 aliphatic heterocycles. The van der Waals surface area contributed by atoms with Crippen LogP contribution in [-0.2, 0) is 6.54 Å². The van der Waals surface area contributed by atoms with Crippen LogP contribution < -0.4 is 19.7 Å². The van der Waals surface area contributed by atoms with Gasteiger partial charge in [-0.2, -0.15) is 10.2 Å². The van der Waals surface area contributed by atoms with E-state index in [1.807, 2.05) is 18.2 Å². The number of nitrogens with one attached hydrogen (secondary N) is 1. The lowest BCUT2D eigenvalue weighted by atomic mass is 10.1. The van der Waals surface area contributed by atoms with Crippen LogP contribution in [0.25, 0.3) is 16.9 Å². The SMILES string of the molecule is CCN(C(=O)O)c1nc2c(NCc3ccc(OC)cc3OC)nc(-c3cccc(C#N)c3)cn2n1. The van der Waals surface area contributed by atoms with Gasteiger partial charge in [0.05, 0.1) is 37.7 Å². The number of amides is 1. The van der Waals surface area contributed by atoms with Crippen molar-refractivity contribution < 1.29 is 19.4 Å². The number of nitriles is 1. The van der Waals surface area contributed by atoms with Crippen LogP contribution in [0.3, 0.4) is 0 Å². The van der Waals surface area contributed by atoms with Crippen LogP contribution in [0.2, 0.25) is 0 Å². The third kappa shape index (κ3) is 4.77. The van der Waals surface area contributed by atoms with Gasteiger partial charge in [-0.1, -0.05) is 12.1 Å². The van der Waals surface area contributed by atoms with Gasteiger partial charge in [0.15, 0.2) is 11.5 Å². The maximum Gasteiger partial charge on any atom is 0.414 e. The zero-order valence-electron chi connectivity index (χ0n) is 19.4. The molecule has 4 aromatic rings. The molecule has 0 aliphatic rings.